The van der Waals surface area contributed by atoms with Crippen molar-refractivity contribution in [3.63, 3.8) is 0 Å². The van der Waals surface area contributed by atoms with Crippen LogP contribution in [0.2, 0.25) is 0 Å². The van der Waals surface area contributed by atoms with Crippen LogP contribution in [0.25, 0.3) is 28.1 Å². The highest BCUT2D eigenvalue weighted by Gasteiger charge is 2.18. The van der Waals surface area contributed by atoms with Crippen molar-refractivity contribution >= 4 is 17.0 Å². The van der Waals surface area contributed by atoms with Crippen LogP contribution in [0.3, 0.4) is 0 Å². The standard InChI is InChI=1S/C25H21FN6O3/c1-3-35-24(33)18-12-27-32(15-18)25-29-21-13-28-31(22(21)23(30-25)34-2)14-16-9-10-19(20(26)11-16)17-7-5-4-6-8-17/h4-13,15H,3,14H2,1-2H3. The molecule has 0 fully saturated rings. The minimum absolute atomic E-state index is 0.211. The Labute approximate surface area is 199 Å². The zero-order chi connectivity index (χ0) is 24.4. The quantitative estimate of drug-likeness (QED) is 0.330. The summed E-state index contributed by atoms with van der Waals surface area (Å²) in [5, 5.41) is 8.57. The summed E-state index contributed by atoms with van der Waals surface area (Å²) in [5.41, 5.74) is 3.43. The molecule has 5 aromatic rings. The van der Waals surface area contributed by atoms with Crippen molar-refractivity contribution in [2.45, 2.75) is 13.5 Å². The average Bonchev–Trinajstić information content (AvgIpc) is 3.52. The summed E-state index contributed by atoms with van der Waals surface area (Å²) in [4.78, 5) is 20.9. The molecule has 10 heteroatoms. The number of esters is 1. The molecule has 0 spiro atoms. The number of aromatic nitrogens is 6. The van der Waals surface area contributed by atoms with Gasteiger partial charge in [-0.3, -0.25) is 4.68 Å². The second-order valence-electron chi connectivity index (χ2n) is 7.64. The number of hydrogen-bond donors (Lipinski definition) is 0. The molecule has 35 heavy (non-hydrogen) atoms. The number of rotatable bonds is 7. The lowest BCUT2D eigenvalue weighted by Gasteiger charge is -2.10. The van der Waals surface area contributed by atoms with E-state index in [-0.39, 0.29) is 29.8 Å². The monoisotopic (exact) mass is 472 g/mol. The van der Waals surface area contributed by atoms with Gasteiger partial charge in [0.2, 0.25) is 5.88 Å². The third kappa shape index (κ3) is 4.33. The number of methoxy groups -OCH3 is 1. The summed E-state index contributed by atoms with van der Waals surface area (Å²) in [5.74, 6) is -0.309. The van der Waals surface area contributed by atoms with Gasteiger partial charge >= 0.3 is 5.97 Å². The Morgan fingerprint density at radius 2 is 1.89 bits per heavy atom. The number of benzene rings is 2. The van der Waals surface area contributed by atoms with Crippen LogP contribution in [0.5, 0.6) is 5.88 Å². The first-order chi connectivity index (χ1) is 17.1. The molecule has 0 bridgehead atoms. The summed E-state index contributed by atoms with van der Waals surface area (Å²) in [6.45, 7) is 2.29. The van der Waals surface area contributed by atoms with Crippen molar-refractivity contribution in [1.82, 2.24) is 29.5 Å². The molecule has 5 rings (SSSR count). The molecule has 0 atom stereocenters. The number of halogens is 1. The van der Waals surface area contributed by atoms with Gasteiger partial charge in [-0.25, -0.2) is 18.9 Å². The molecule has 0 amide bonds. The van der Waals surface area contributed by atoms with E-state index in [0.717, 1.165) is 11.1 Å². The van der Waals surface area contributed by atoms with Crippen molar-refractivity contribution in [2.75, 3.05) is 13.7 Å². The van der Waals surface area contributed by atoms with Crippen molar-refractivity contribution < 1.29 is 18.7 Å². The molecule has 0 saturated carbocycles. The molecule has 0 saturated heterocycles. The van der Waals surface area contributed by atoms with E-state index in [1.165, 1.54) is 30.3 Å². The van der Waals surface area contributed by atoms with Crippen LogP contribution < -0.4 is 4.74 Å². The normalized spacial score (nSPS) is 11.1. The van der Waals surface area contributed by atoms with E-state index in [2.05, 4.69) is 20.2 Å². The molecule has 3 aromatic heterocycles. The zero-order valence-corrected chi connectivity index (χ0v) is 19.1. The molecule has 0 aliphatic rings. The van der Waals surface area contributed by atoms with Crippen molar-refractivity contribution in [3.8, 4) is 23.0 Å². The van der Waals surface area contributed by atoms with Crippen LogP contribution in [0, 0.1) is 5.82 Å². The van der Waals surface area contributed by atoms with Crippen molar-refractivity contribution in [2.24, 2.45) is 0 Å². The molecule has 0 radical (unpaired) electrons. The van der Waals surface area contributed by atoms with Gasteiger partial charge in [0.25, 0.3) is 5.95 Å². The van der Waals surface area contributed by atoms with Crippen molar-refractivity contribution in [3.05, 3.63) is 84.1 Å². The van der Waals surface area contributed by atoms with Gasteiger partial charge in [0.15, 0.2) is 0 Å². The highest BCUT2D eigenvalue weighted by Crippen LogP contribution is 2.26. The van der Waals surface area contributed by atoms with Crippen molar-refractivity contribution in [1.29, 1.82) is 0 Å². The van der Waals surface area contributed by atoms with Crippen LogP contribution in [-0.2, 0) is 11.3 Å². The Balaban J connectivity index is 1.46. The first-order valence-electron chi connectivity index (χ1n) is 10.9. The van der Waals surface area contributed by atoms with Crippen LogP contribution in [0.1, 0.15) is 22.8 Å². The van der Waals surface area contributed by atoms with E-state index >= 15 is 0 Å². The SMILES string of the molecule is CCOC(=O)c1cnn(-c2nc(OC)c3c(cnn3Cc3ccc(-c4ccccc4)c(F)c3)n2)c1. The summed E-state index contributed by atoms with van der Waals surface area (Å²) in [6, 6.07) is 14.5. The molecular formula is C25H21FN6O3. The van der Waals surface area contributed by atoms with Crippen LogP contribution >= 0.6 is 0 Å². The van der Waals surface area contributed by atoms with Gasteiger partial charge in [-0.1, -0.05) is 42.5 Å². The Kier molecular flexibility index (Phi) is 5.92. The molecule has 9 nitrogen and oxygen atoms in total. The van der Waals surface area contributed by atoms with E-state index in [4.69, 9.17) is 9.47 Å². The summed E-state index contributed by atoms with van der Waals surface area (Å²) < 4.78 is 28.4. The van der Waals surface area contributed by atoms with Gasteiger partial charge in [-0.15, -0.1) is 0 Å². The lowest BCUT2D eigenvalue weighted by molar-refractivity contribution is 0.0526. The number of fused-ring (bicyclic) bond motifs is 1. The van der Waals surface area contributed by atoms with Gasteiger partial charge in [-0.2, -0.15) is 15.2 Å². The minimum atomic E-state index is -0.481. The first-order valence-corrected chi connectivity index (χ1v) is 10.9. The fourth-order valence-electron chi connectivity index (χ4n) is 3.75. The summed E-state index contributed by atoms with van der Waals surface area (Å²) in [6.07, 6.45) is 4.45. The third-order valence-electron chi connectivity index (χ3n) is 5.39. The predicted molar refractivity (Wildman–Crippen MR) is 126 cm³/mol. The lowest BCUT2D eigenvalue weighted by atomic mass is 10.0. The maximum Gasteiger partial charge on any atom is 0.341 e. The van der Waals surface area contributed by atoms with E-state index in [0.29, 0.717) is 23.1 Å². The fourth-order valence-corrected chi connectivity index (χ4v) is 3.75. The molecule has 0 aliphatic carbocycles. The number of ether oxygens (including phenoxy) is 2. The summed E-state index contributed by atoms with van der Waals surface area (Å²) >= 11 is 0. The van der Waals surface area contributed by atoms with Gasteiger partial charge in [-0.05, 0) is 24.1 Å². The molecule has 2 aromatic carbocycles. The highest BCUT2D eigenvalue weighted by atomic mass is 19.1. The maximum absolute atomic E-state index is 14.8. The van der Waals surface area contributed by atoms with Gasteiger partial charge in [0.05, 0.1) is 38.2 Å². The second kappa shape index (κ2) is 9.34. The Bertz CT molecular complexity index is 1510. The van der Waals surface area contributed by atoms with Crippen LogP contribution in [0.4, 0.5) is 4.39 Å². The largest absolute Gasteiger partial charge is 0.479 e. The van der Waals surface area contributed by atoms with Crippen LogP contribution in [0.15, 0.2) is 67.1 Å². The predicted octanol–water partition coefficient (Wildman–Crippen LogP) is 4.05. The van der Waals surface area contributed by atoms with Gasteiger partial charge < -0.3 is 9.47 Å². The number of hydrogen-bond acceptors (Lipinski definition) is 7. The van der Waals surface area contributed by atoms with E-state index in [1.54, 1.807) is 23.9 Å². The Morgan fingerprint density at radius 3 is 2.63 bits per heavy atom. The van der Waals surface area contributed by atoms with Crippen LogP contribution in [-0.4, -0.2) is 49.2 Å². The summed E-state index contributed by atoms with van der Waals surface area (Å²) in [7, 11) is 1.49. The first kappa shape index (κ1) is 22.2. The second-order valence-corrected chi connectivity index (χ2v) is 7.64. The minimum Gasteiger partial charge on any atom is -0.479 e. The number of carbonyl (C=O) groups excluding carboxylic acids is 1. The molecule has 0 N–H and O–H groups in total. The zero-order valence-electron chi connectivity index (χ0n) is 19.1. The highest BCUT2D eigenvalue weighted by molar-refractivity contribution is 5.88. The average molecular weight is 472 g/mol. The lowest BCUT2D eigenvalue weighted by Crippen LogP contribution is -2.07. The Hall–Kier alpha value is -4.60. The maximum atomic E-state index is 14.8. The molecular weight excluding hydrogens is 451 g/mol. The molecule has 176 valence electrons. The third-order valence-corrected chi connectivity index (χ3v) is 5.39. The van der Waals surface area contributed by atoms with Gasteiger partial charge in [0, 0.05) is 11.8 Å². The van der Waals surface area contributed by atoms with E-state index in [1.807, 2.05) is 36.4 Å². The Morgan fingerprint density at radius 1 is 1.06 bits per heavy atom. The number of nitrogens with zero attached hydrogens (tertiary/aromatic N) is 6. The fraction of sp³-hybridized carbons (Fsp3) is 0.160. The topological polar surface area (TPSA) is 97.0 Å². The molecule has 0 unspecified atom stereocenters. The number of carbonyl (C=O) groups is 1. The van der Waals surface area contributed by atoms with E-state index in [9.17, 15) is 9.18 Å². The molecule has 0 aliphatic heterocycles. The van der Waals surface area contributed by atoms with E-state index < -0.39 is 5.97 Å². The van der Waals surface area contributed by atoms with Gasteiger partial charge in [0.1, 0.15) is 16.9 Å². The molecule has 3 heterocycles. The smallest absolute Gasteiger partial charge is 0.341 e.